The van der Waals surface area contributed by atoms with Gasteiger partial charge >= 0.3 is 0 Å². The van der Waals surface area contributed by atoms with Gasteiger partial charge in [0.1, 0.15) is 11.5 Å². The van der Waals surface area contributed by atoms with Crippen LogP contribution in [0.3, 0.4) is 0 Å². The second-order valence-corrected chi connectivity index (χ2v) is 9.55. The average Bonchev–Trinajstić information content (AvgIpc) is 2.72. The third kappa shape index (κ3) is 3.91. The van der Waals surface area contributed by atoms with E-state index in [1.54, 1.807) is 27.7 Å². The fourth-order valence-corrected chi connectivity index (χ4v) is 4.27. The summed E-state index contributed by atoms with van der Waals surface area (Å²) in [7, 11) is 0. The highest BCUT2D eigenvalue weighted by molar-refractivity contribution is 6.34. The van der Waals surface area contributed by atoms with Crippen LogP contribution in [0.25, 0.3) is 16.7 Å². The summed E-state index contributed by atoms with van der Waals surface area (Å²) in [6, 6.07) is 13.8. The Labute approximate surface area is 184 Å². The van der Waals surface area contributed by atoms with Crippen molar-refractivity contribution < 1.29 is 19.4 Å². The Bertz CT molecular complexity index is 1050. The molecule has 31 heavy (non-hydrogen) atoms. The lowest BCUT2D eigenvalue weighted by Crippen LogP contribution is -2.48. The molecule has 0 spiro atoms. The first-order valence-electron chi connectivity index (χ1n) is 10.8. The average molecular weight is 421 g/mol. The Balaban J connectivity index is 2.16. The zero-order valence-corrected chi connectivity index (χ0v) is 19.5. The van der Waals surface area contributed by atoms with Gasteiger partial charge in [0.2, 0.25) is 0 Å². The lowest BCUT2D eigenvalue weighted by atomic mass is 9.62. The zero-order valence-electron chi connectivity index (χ0n) is 19.5. The largest absolute Gasteiger partial charge is 0.510 e. The van der Waals surface area contributed by atoms with Crippen molar-refractivity contribution in [2.75, 3.05) is 0 Å². The van der Waals surface area contributed by atoms with E-state index in [-0.39, 0.29) is 29.0 Å². The number of aliphatic hydroxyl groups excluding tert-OH is 1. The number of carbonyl (C=O) groups excluding carboxylic acids is 2. The van der Waals surface area contributed by atoms with Crippen LogP contribution in [0.2, 0.25) is 0 Å². The van der Waals surface area contributed by atoms with Crippen molar-refractivity contribution in [2.24, 2.45) is 10.8 Å². The maximum absolute atomic E-state index is 13.4. The Morgan fingerprint density at radius 3 is 2.03 bits per heavy atom. The van der Waals surface area contributed by atoms with Gasteiger partial charge < -0.3 is 9.84 Å². The van der Waals surface area contributed by atoms with Crippen LogP contribution in [0.4, 0.5) is 0 Å². The fraction of sp³-hybridized carbons (Fsp3) is 0.407. The Hall–Kier alpha value is -2.88. The van der Waals surface area contributed by atoms with Gasteiger partial charge in [-0.2, -0.15) is 0 Å². The molecule has 0 bridgehead atoms. The zero-order chi connectivity index (χ0) is 23.1. The Morgan fingerprint density at radius 1 is 0.903 bits per heavy atom. The highest BCUT2D eigenvalue weighted by atomic mass is 16.5. The van der Waals surface area contributed by atoms with E-state index in [0.29, 0.717) is 12.0 Å². The van der Waals surface area contributed by atoms with E-state index in [4.69, 9.17) is 4.74 Å². The molecular weight excluding hydrogens is 388 g/mol. The van der Waals surface area contributed by atoms with Crippen LogP contribution < -0.4 is 4.74 Å². The van der Waals surface area contributed by atoms with Gasteiger partial charge in [-0.3, -0.25) is 9.59 Å². The quantitative estimate of drug-likeness (QED) is 0.587. The number of ether oxygens (including phenoxy) is 1. The summed E-state index contributed by atoms with van der Waals surface area (Å²) in [4.78, 5) is 26.3. The summed E-state index contributed by atoms with van der Waals surface area (Å²) in [6.07, 6.45) is 0.804. The van der Waals surface area contributed by atoms with E-state index in [0.717, 1.165) is 22.4 Å². The summed E-state index contributed by atoms with van der Waals surface area (Å²) in [6.45, 7) is 12.6. The smallest absolute Gasteiger partial charge is 0.179 e. The second-order valence-electron chi connectivity index (χ2n) is 9.55. The van der Waals surface area contributed by atoms with Crippen molar-refractivity contribution in [1.82, 2.24) is 0 Å². The van der Waals surface area contributed by atoms with E-state index in [1.807, 2.05) is 63.2 Å². The van der Waals surface area contributed by atoms with Crippen molar-refractivity contribution in [2.45, 2.75) is 61.0 Å². The molecule has 2 aromatic carbocycles. The molecular formula is C27H32O4. The van der Waals surface area contributed by atoms with Gasteiger partial charge in [0, 0.05) is 0 Å². The normalized spacial score (nSPS) is 17.9. The molecule has 0 atom stereocenters. The molecule has 0 fully saturated rings. The number of hydrogen-bond donors (Lipinski definition) is 1. The lowest BCUT2D eigenvalue weighted by Gasteiger charge is -2.38. The number of hydrogen-bond acceptors (Lipinski definition) is 4. The monoisotopic (exact) mass is 420 g/mol. The molecule has 0 aromatic heterocycles. The van der Waals surface area contributed by atoms with E-state index in [9.17, 15) is 14.7 Å². The summed E-state index contributed by atoms with van der Waals surface area (Å²) >= 11 is 0. The number of benzene rings is 2. The van der Waals surface area contributed by atoms with Crippen LogP contribution in [-0.4, -0.2) is 22.8 Å². The van der Waals surface area contributed by atoms with Gasteiger partial charge in [-0.1, -0.05) is 31.2 Å². The predicted molar refractivity (Wildman–Crippen MR) is 124 cm³/mol. The molecule has 1 aliphatic rings. The molecule has 0 radical (unpaired) electrons. The van der Waals surface area contributed by atoms with Crippen LogP contribution in [0.5, 0.6) is 5.75 Å². The van der Waals surface area contributed by atoms with Gasteiger partial charge in [0.15, 0.2) is 11.6 Å². The standard InChI is InChI=1S/C27H32O4/c1-8-17-9-10-19(18-11-13-20(14-12-18)31-16(2)3)15-21(17)22-23(28)26(4,5)25(30)27(6,7)24(22)29/h9-16,28H,8H2,1-7H3. The maximum Gasteiger partial charge on any atom is 0.179 e. The fourth-order valence-electron chi connectivity index (χ4n) is 4.27. The summed E-state index contributed by atoms with van der Waals surface area (Å²) in [5, 5.41) is 11.0. The van der Waals surface area contributed by atoms with Gasteiger partial charge in [0.05, 0.1) is 22.5 Å². The van der Waals surface area contributed by atoms with Crippen molar-refractivity contribution in [3.63, 3.8) is 0 Å². The van der Waals surface area contributed by atoms with Crippen molar-refractivity contribution in [1.29, 1.82) is 0 Å². The molecule has 164 valence electrons. The molecule has 0 unspecified atom stereocenters. The third-order valence-electron chi connectivity index (χ3n) is 6.08. The summed E-state index contributed by atoms with van der Waals surface area (Å²) in [5.41, 5.74) is 1.51. The van der Waals surface area contributed by atoms with Crippen molar-refractivity contribution in [3.8, 4) is 16.9 Å². The first kappa shape index (κ1) is 22.8. The number of carbonyl (C=O) groups is 2. The van der Waals surface area contributed by atoms with Crippen molar-refractivity contribution in [3.05, 3.63) is 59.4 Å². The third-order valence-corrected chi connectivity index (χ3v) is 6.08. The second kappa shape index (κ2) is 7.99. The van der Waals surface area contributed by atoms with E-state index < -0.39 is 10.8 Å². The molecule has 0 saturated heterocycles. The number of allylic oxidation sites excluding steroid dienone is 2. The molecule has 0 aliphatic heterocycles. The molecule has 0 saturated carbocycles. The first-order valence-corrected chi connectivity index (χ1v) is 10.8. The van der Waals surface area contributed by atoms with Gasteiger partial charge in [-0.15, -0.1) is 0 Å². The molecule has 1 N–H and O–H groups in total. The minimum atomic E-state index is -1.19. The maximum atomic E-state index is 13.4. The number of aryl methyl sites for hydroxylation is 1. The van der Waals surface area contributed by atoms with Gasteiger partial charge in [-0.05, 0) is 88.4 Å². The SMILES string of the molecule is CCc1ccc(-c2ccc(OC(C)C)cc2)cc1C1=C(O)C(C)(C)C(=O)C(C)(C)C1=O. The molecule has 4 nitrogen and oxygen atoms in total. The van der Waals surface area contributed by atoms with Gasteiger partial charge in [-0.25, -0.2) is 0 Å². The first-order chi connectivity index (χ1) is 14.4. The topological polar surface area (TPSA) is 63.6 Å². The summed E-state index contributed by atoms with van der Waals surface area (Å²) in [5.74, 6) is 0.0615. The number of Topliss-reactive ketones (excluding diaryl/α,β-unsaturated/α-hetero) is 2. The Morgan fingerprint density at radius 2 is 1.48 bits per heavy atom. The highest BCUT2D eigenvalue weighted by Gasteiger charge is 2.53. The Kier molecular flexibility index (Phi) is 5.88. The minimum Gasteiger partial charge on any atom is -0.510 e. The molecule has 3 rings (SSSR count). The highest BCUT2D eigenvalue weighted by Crippen LogP contribution is 2.47. The number of rotatable bonds is 5. The molecule has 0 amide bonds. The number of aliphatic hydroxyl groups is 1. The summed E-state index contributed by atoms with van der Waals surface area (Å²) < 4.78 is 5.73. The predicted octanol–water partition coefficient (Wildman–Crippen LogP) is 6.18. The van der Waals surface area contributed by atoms with Crippen LogP contribution >= 0.6 is 0 Å². The van der Waals surface area contributed by atoms with Crippen molar-refractivity contribution >= 4 is 17.1 Å². The number of ketones is 2. The van der Waals surface area contributed by atoms with Crippen LogP contribution in [0, 0.1) is 10.8 Å². The van der Waals surface area contributed by atoms with Crippen LogP contribution in [-0.2, 0) is 16.0 Å². The molecule has 2 aromatic rings. The molecule has 1 aliphatic carbocycles. The van der Waals surface area contributed by atoms with Crippen LogP contribution in [0.1, 0.15) is 59.6 Å². The lowest BCUT2D eigenvalue weighted by molar-refractivity contribution is -0.143. The minimum absolute atomic E-state index is 0.0999. The molecule has 4 heteroatoms. The van der Waals surface area contributed by atoms with E-state index >= 15 is 0 Å². The van der Waals surface area contributed by atoms with E-state index in [2.05, 4.69) is 0 Å². The van der Waals surface area contributed by atoms with E-state index in [1.165, 1.54) is 0 Å². The van der Waals surface area contributed by atoms with Gasteiger partial charge in [0.25, 0.3) is 0 Å². The molecule has 0 heterocycles. The van der Waals surface area contributed by atoms with Crippen LogP contribution in [0.15, 0.2) is 48.2 Å².